The maximum Gasteiger partial charge on any atom is 0.318 e. The van der Waals surface area contributed by atoms with Gasteiger partial charge in [0.25, 0.3) is 0 Å². The first-order valence-corrected chi connectivity index (χ1v) is 9.31. The van der Waals surface area contributed by atoms with E-state index < -0.39 is 0 Å². The number of urea groups is 1. The Morgan fingerprint density at radius 3 is 2.92 bits per heavy atom. The SMILES string of the molecule is CCO[C@H]1COC[C@@H]1NC(=O)N(Cc1ccccc1)Cc1nccs1. The first-order chi connectivity index (χ1) is 12.3. The Bertz CT molecular complexity index is 651. The van der Waals surface area contributed by atoms with Crippen LogP contribution in [0.15, 0.2) is 41.9 Å². The van der Waals surface area contributed by atoms with Gasteiger partial charge in [-0.05, 0) is 12.5 Å². The molecule has 1 aromatic carbocycles. The van der Waals surface area contributed by atoms with Crippen molar-refractivity contribution in [3.05, 3.63) is 52.5 Å². The van der Waals surface area contributed by atoms with E-state index in [0.717, 1.165) is 10.6 Å². The van der Waals surface area contributed by atoms with Gasteiger partial charge in [0.15, 0.2) is 0 Å². The van der Waals surface area contributed by atoms with Gasteiger partial charge in [0.1, 0.15) is 11.1 Å². The number of nitrogens with zero attached hydrogens (tertiary/aromatic N) is 2. The van der Waals surface area contributed by atoms with Crippen LogP contribution in [0.2, 0.25) is 0 Å². The smallest absolute Gasteiger partial charge is 0.318 e. The van der Waals surface area contributed by atoms with Gasteiger partial charge >= 0.3 is 6.03 Å². The van der Waals surface area contributed by atoms with E-state index in [1.807, 2.05) is 42.6 Å². The molecule has 6 nitrogen and oxygen atoms in total. The topological polar surface area (TPSA) is 63.7 Å². The maximum atomic E-state index is 12.9. The summed E-state index contributed by atoms with van der Waals surface area (Å²) in [5.41, 5.74) is 1.08. The fourth-order valence-electron chi connectivity index (χ4n) is 2.80. The molecule has 1 N–H and O–H groups in total. The molecule has 0 unspecified atom stereocenters. The largest absolute Gasteiger partial charge is 0.376 e. The molecule has 1 fully saturated rings. The van der Waals surface area contributed by atoms with E-state index in [2.05, 4.69) is 10.3 Å². The monoisotopic (exact) mass is 361 g/mol. The number of carbonyl (C=O) groups is 1. The second kappa shape index (κ2) is 8.94. The van der Waals surface area contributed by atoms with E-state index in [9.17, 15) is 4.79 Å². The number of carbonyl (C=O) groups excluding carboxylic acids is 1. The van der Waals surface area contributed by atoms with Gasteiger partial charge in [0.05, 0.1) is 25.8 Å². The first kappa shape index (κ1) is 17.8. The Labute approximate surface area is 151 Å². The molecule has 25 heavy (non-hydrogen) atoms. The Morgan fingerprint density at radius 2 is 2.20 bits per heavy atom. The summed E-state index contributed by atoms with van der Waals surface area (Å²) in [6.07, 6.45) is 1.67. The third-order valence-corrected chi connectivity index (χ3v) is 4.80. The van der Waals surface area contributed by atoms with Crippen molar-refractivity contribution in [2.45, 2.75) is 32.2 Å². The van der Waals surface area contributed by atoms with E-state index in [1.54, 1.807) is 22.4 Å². The van der Waals surface area contributed by atoms with Crippen molar-refractivity contribution in [1.82, 2.24) is 15.2 Å². The van der Waals surface area contributed by atoms with Gasteiger partial charge in [-0.25, -0.2) is 9.78 Å². The van der Waals surface area contributed by atoms with Gasteiger partial charge in [-0.2, -0.15) is 0 Å². The van der Waals surface area contributed by atoms with Crippen LogP contribution in [0.4, 0.5) is 4.79 Å². The van der Waals surface area contributed by atoms with E-state index in [4.69, 9.17) is 9.47 Å². The molecule has 1 aliphatic rings. The minimum atomic E-state index is -0.126. The normalized spacial score (nSPS) is 19.7. The molecule has 2 amide bonds. The number of nitrogens with one attached hydrogen (secondary N) is 1. The molecule has 0 aliphatic carbocycles. The third kappa shape index (κ3) is 5.01. The summed E-state index contributed by atoms with van der Waals surface area (Å²) in [7, 11) is 0. The Morgan fingerprint density at radius 1 is 1.36 bits per heavy atom. The second-order valence-electron chi connectivity index (χ2n) is 5.85. The molecule has 7 heteroatoms. The van der Waals surface area contributed by atoms with Crippen molar-refractivity contribution in [2.24, 2.45) is 0 Å². The Balaban J connectivity index is 1.68. The van der Waals surface area contributed by atoms with E-state index in [-0.39, 0.29) is 18.2 Å². The summed E-state index contributed by atoms with van der Waals surface area (Å²) >= 11 is 1.55. The number of amides is 2. The number of hydrogen-bond acceptors (Lipinski definition) is 5. The van der Waals surface area contributed by atoms with Crippen molar-refractivity contribution in [1.29, 1.82) is 0 Å². The summed E-state index contributed by atoms with van der Waals surface area (Å²) in [6, 6.07) is 9.71. The zero-order chi connectivity index (χ0) is 17.5. The molecule has 0 spiro atoms. The molecular formula is C18H23N3O3S. The number of rotatable bonds is 7. The molecule has 0 saturated carbocycles. The van der Waals surface area contributed by atoms with Gasteiger partial charge in [-0.15, -0.1) is 11.3 Å². The van der Waals surface area contributed by atoms with Crippen molar-refractivity contribution >= 4 is 17.4 Å². The van der Waals surface area contributed by atoms with Crippen LogP contribution in [0, 0.1) is 0 Å². The highest BCUT2D eigenvalue weighted by molar-refractivity contribution is 7.09. The van der Waals surface area contributed by atoms with Gasteiger partial charge in [0, 0.05) is 24.7 Å². The van der Waals surface area contributed by atoms with Crippen molar-refractivity contribution in [3.63, 3.8) is 0 Å². The van der Waals surface area contributed by atoms with E-state index in [1.165, 1.54) is 0 Å². The average molecular weight is 361 g/mol. The van der Waals surface area contributed by atoms with Gasteiger partial charge in [-0.3, -0.25) is 0 Å². The summed E-state index contributed by atoms with van der Waals surface area (Å²) in [5.74, 6) is 0. The number of hydrogen-bond donors (Lipinski definition) is 1. The molecule has 3 rings (SSSR count). The number of benzene rings is 1. The number of thiazole rings is 1. The molecule has 0 radical (unpaired) electrons. The summed E-state index contributed by atoms with van der Waals surface area (Å²) in [5, 5.41) is 5.89. The summed E-state index contributed by atoms with van der Waals surface area (Å²) in [6.45, 7) is 4.55. The Kier molecular flexibility index (Phi) is 6.38. The molecule has 1 aliphatic heterocycles. The zero-order valence-corrected chi connectivity index (χ0v) is 15.1. The lowest BCUT2D eigenvalue weighted by Gasteiger charge is -2.26. The van der Waals surface area contributed by atoms with Crippen LogP contribution in [-0.2, 0) is 22.6 Å². The van der Waals surface area contributed by atoms with Gasteiger partial charge in [-0.1, -0.05) is 30.3 Å². The molecule has 2 atom stereocenters. The van der Waals surface area contributed by atoms with Crippen LogP contribution in [-0.4, -0.2) is 47.9 Å². The van der Waals surface area contributed by atoms with Gasteiger partial charge in [0.2, 0.25) is 0 Å². The van der Waals surface area contributed by atoms with Crippen LogP contribution < -0.4 is 5.32 Å². The maximum absolute atomic E-state index is 12.9. The molecular weight excluding hydrogens is 338 g/mol. The lowest BCUT2D eigenvalue weighted by molar-refractivity contribution is 0.0417. The fourth-order valence-corrected chi connectivity index (χ4v) is 3.43. The predicted octanol–water partition coefficient (Wildman–Crippen LogP) is 2.66. The molecule has 1 saturated heterocycles. The zero-order valence-electron chi connectivity index (χ0n) is 14.3. The first-order valence-electron chi connectivity index (χ1n) is 8.43. The molecule has 2 heterocycles. The lowest BCUT2D eigenvalue weighted by atomic mass is 10.2. The van der Waals surface area contributed by atoms with Crippen molar-refractivity contribution < 1.29 is 14.3 Å². The van der Waals surface area contributed by atoms with Crippen LogP contribution >= 0.6 is 11.3 Å². The molecule has 2 aromatic rings. The minimum absolute atomic E-state index is 0.0904. The standard InChI is InChI=1S/C18H23N3O3S/c1-2-24-16-13-23-12-15(16)20-18(22)21(11-17-19-8-9-25-17)10-14-6-4-3-5-7-14/h3-9,15-16H,2,10-13H2,1H3,(H,20,22)/t15-,16-/m0/s1. The quantitative estimate of drug-likeness (QED) is 0.823. The van der Waals surface area contributed by atoms with E-state index in [0.29, 0.717) is 32.9 Å². The Hall–Kier alpha value is -1.96. The highest BCUT2D eigenvalue weighted by Crippen LogP contribution is 2.15. The minimum Gasteiger partial charge on any atom is -0.376 e. The number of aromatic nitrogens is 1. The van der Waals surface area contributed by atoms with Crippen molar-refractivity contribution in [3.8, 4) is 0 Å². The fraction of sp³-hybridized carbons (Fsp3) is 0.444. The summed E-state index contributed by atoms with van der Waals surface area (Å²) < 4.78 is 11.1. The predicted molar refractivity (Wildman–Crippen MR) is 96.4 cm³/mol. The number of ether oxygens (including phenoxy) is 2. The van der Waals surface area contributed by atoms with Crippen LogP contribution in [0.5, 0.6) is 0 Å². The lowest BCUT2D eigenvalue weighted by Crippen LogP contribution is -2.49. The van der Waals surface area contributed by atoms with Crippen LogP contribution in [0.3, 0.4) is 0 Å². The van der Waals surface area contributed by atoms with Crippen molar-refractivity contribution in [2.75, 3.05) is 19.8 Å². The molecule has 1 aromatic heterocycles. The third-order valence-electron chi connectivity index (χ3n) is 4.03. The van der Waals surface area contributed by atoms with E-state index >= 15 is 0 Å². The van der Waals surface area contributed by atoms with Crippen LogP contribution in [0.25, 0.3) is 0 Å². The molecule has 0 bridgehead atoms. The molecule has 134 valence electrons. The van der Waals surface area contributed by atoms with Gasteiger partial charge < -0.3 is 19.7 Å². The summed E-state index contributed by atoms with van der Waals surface area (Å²) in [4.78, 5) is 18.9. The highest BCUT2D eigenvalue weighted by atomic mass is 32.1. The van der Waals surface area contributed by atoms with Crippen LogP contribution in [0.1, 0.15) is 17.5 Å². The average Bonchev–Trinajstić information content (AvgIpc) is 3.28. The highest BCUT2D eigenvalue weighted by Gasteiger charge is 2.31. The second-order valence-corrected chi connectivity index (χ2v) is 6.83.